The van der Waals surface area contributed by atoms with Crippen LogP contribution < -0.4 is 10.9 Å². The van der Waals surface area contributed by atoms with Gasteiger partial charge < -0.3 is 0 Å². The van der Waals surface area contributed by atoms with E-state index in [1.54, 1.807) is 0 Å². The average Bonchev–Trinajstić information content (AvgIpc) is 2.20. The van der Waals surface area contributed by atoms with Gasteiger partial charge >= 0.3 is 0 Å². The van der Waals surface area contributed by atoms with Crippen molar-refractivity contribution in [2.45, 2.75) is 20.4 Å². The quantitative estimate of drug-likeness (QED) is 0.671. The molecule has 0 saturated carbocycles. The van der Waals surface area contributed by atoms with E-state index in [-0.39, 0.29) is 0 Å². The van der Waals surface area contributed by atoms with Crippen LogP contribution in [0.3, 0.4) is 0 Å². The Labute approximate surface area is 86.1 Å². The zero-order chi connectivity index (χ0) is 10.2. The van der Waals surface area contributed by atoms with E-state index in [1.807, 2.05) is 11.2 Å². The Bertz CT molecular complexity index is 230. The number of rotatable bonds is 6. The van der Waals surface area contributed by atoms with Crippen LogP contribution >= 0.6 is 0 Å². The van der Waals surface area contributed by atoms with Crippen molar-refractivity contribution in [2.24, 2.45) is 0 Å². The highest BCUT2D eigenvalue weighted by molar-refractivity contribution is 5.14. The van der Waals surface area contributed by atoms with Gasteiger partial charge in [-0.3, -0.25) is 0 Å². The number of hydrogen-bond donors (Lipinski definition) is 2. The van der Waals surface area contributed by atoms with Gasteiger partial charge in [0, 0.05) is 13.1 Å². The van der Waals surface area contributed by atoms with Gasteiger partial charge in [-0.1, -0.05) is 44.2 Å². The van der Waals surface area contributed by atoms with Crippen molar-refractivity contribution < 1.29 is 0 Å². The highest BCUT2D eigenvalue weighted by Crippen LogP contribution is 2.00. The molecule has 0 heterocycles. The smallest absolute Gasteiger partial charge is 0.0538 e. The third-order valence-electron chi connectivity index (χ3n) is 1.88. The second-order valence-corrected chi connectivity index (χ2v) is 3.10. The topological polar surface area (TPSA) is 27.3 Å². The van der Waals surface area contributed by atoms with Gasteiger partial charge in [0.15, 0.2) is 0 Å². The predicted octanol–water partition coefficient (Wildman–Crippen LogP) is 1.54. The molecule has 78 valence electrons. The lowest BCUT2D eigenvalue weighted by molar-refractivity contribution is 0.111. The maximum atomic E-state index is 3.25. The maximum Gasteiger partial charge on any atom is 0.0538 e. The minimum absolute atomic E-state index is 0.878. The summed E-state index contributed by atoms with van der Waals surface area (Å²) < 4.78 is 0. The summed E-state index contributed by atoms with van der Waals surface area (Å²) in [6.07, 6.45) is 0. The molecule has 0 unspecified atom stereocenters. The summed E-state index contributed by atoms with van der Waals surface area (Å²) in [6, 6.07) is 10.4. The average molecular weight is 193 g/mol. The van der Waals surface area contributed by atoms with Crippen molar-refractivity contribution in [1.29, 1.82) is 0 Å². The van der Waals surface area contributed by atoms with Gasteiger partial charge in [-0.2, -0.15) is 5.12 Å². The van der Waals surface area contributed by atoms with Crippen LogP contribution in [0.15, 0.2) is 30.3 Å². The van der Waals surface area contributed by atoms with Crippen LogP contribution in [-0.4, -0.2) is 18.2 Å². The molecule has 0 atom stereocenters. The SMILES string of the molecule is CCNN(Cc1ccccc1)NCC. The molecule has 3 nitrogen and oxygen atoms in total. The molecular weight excluding hydrogens is 174 g/mol. The molecule has 2 N–H and O–H groups in total. The normalized spacial score (nSPS) is 10.8. The lowest BCUT2D eigenvalue weighted by Crippen LogP contribution is -2.47. The first-order valence-electron chi connectivity index (χ1n) is 5.15. The molecule has 0 aliphatic rings. The molecule has 0 aliphatic heterocycles. The molecular formula is C11H19N3. The van der Waals surface area contributed by atoms with E-state index < -0.39 is 0 Å². The molecule has 1 rings (SSSR count). The molecule has 0 radical (unpaired) electrons. The Kier molecular flexibility index (Phi) is 5.22. The van der Waals surface area contributed by atoms with Crippen LogP contribution in [0.5, 0.6) is 0 Å². The number of benzene rings is 1. The number of hydrogen-bond acceptors (Lipinski definition) is 3. The van der Waals surface area contributed by atoms with Crippen LogP contribution in [0.1, 0.15) is 19.4 Å². The van der Waals surface area contributed by atoms with E-state index in [9.17, 15) is 0 Å². The monoisotopic (exact) mass is 193 g/mol. The Morgan fingerprint density at radius 1 is 1.00 bits per heavy atom. The third-order valence-corrected chi connectivity index (χ3v) is 1.88. The van der Waals surface area contributed by atoms with E-state index in [0.29, 0.717) is 0 Å². The molecule has 0 saturated heterocycles. The van der Waals surface area contributed by atoms with Crippen molar-refractivity contribution in [2.75, 3.05) is 13.1 Å². The van der Waals surface area contributed by atoms with Crippen LogP contribution in [0.4, 0.5) is 0 Å². The van der Waals surface area contributed by atoms with Crippen LogP contribution in [-0.2, 0) is 6.54 Å². The highest BCUT2D eigenvalue weighted by atomic mass is 15.7. The molecule has 0 aliphatic carbocycles. The summed E-state index contributed by atoms with van der Waals surface area (Å²) in [7, 11) is 0. The number of nitrogens with one attached hydrogen (secondary N) is 2. The van der Waals surface area contributed by atoms with Gasteiger partial charge in [-0.25, -0.2) is 10.9 Å². The predicted molar refractivity (Wildman–Crippen MR) is 59.3 cm³/mol. The van der Waals surface area contributed by atoms with Crippen molar-refractivity contribution in [3.05, 3.63) is 35.9 Å². The van der Waals surface area contributed by atoms with Gasteiger partial charge in [0.2, 0.25) is 0 Å². The second-order valence-electron chi connectivity index (χ2n) is 3.10. The molecule has 0 aromatic heterocycles. The summed E-state index contributed by atoms with van der Waals surface area (Å²) >= 11 is 0. The van der Waals surface area contributed by atoms with E-state index in [1.165, 1.54) is 5.56 Å². The molecule has 14 heavy (non-hydrogen) atoms. The summed E-state index contributed by atoms with van der Waals surface area (Å²) in [6.45, 7) is 6.92. The molecule has 0 amide bonds. The van der Waals surface area contributed by atoms with Gasteiger partial charge in [0.05, 0.1) is 6.54 Å². The fourth-order valence-electron chi connectivity index (χ4n) is 1.32. The largest absolute Gasteiger partial charge is 0.241 e. The van der Waals surface area contributed by atoms with Crippen LogP contribution in [0.25, 0.3) is 0 Å². The number of hydrazine groups is 2. The molecule has 1 aromatic carbocycles. The Hall–Kier alpha value is -0.900. The van der Waals surface area contributed by atoms with E-state index in [2.05, 4.69) is 49.0 Å². The standard InChI is InChI=1S/C11H19N3/c1-3-12-14(13-4-2)10-11-8-6-5-7-9-11/h5-9,12-13H,3-4,10H2,1-2H3. The van der Waals surface area contributed by atoms with Gasteiger partial charge in [-0.15, -0.1) is 0 Å². The summed E-state index contributed by atoms with van der Waals surface area (Å²) in [4.78, 5) is 0. The van der Waals surface area contributed by atoms with Crippen molar-refractivity contribution in [3.63, 3.8) is 0 Å². The van der Waals surface area contributed by atoms with Crippen LogP contribution in [0.2, 0.25) is 0 Å². The fraction of sp³-hybridized carbons (Fsp3) is 0.455. The Morgan fingerprint density at radius 2 is 1.57 bits per heavy atom. The zero-order valence-electron chi connectivity index (χ0n) is 8.96. The summed E-state index contributed by atoms with van der Waals surface area (Å²) in [5, 5.41) is 2.02. The Morgan fingerprint density at radius 3 is 2.07 bits per heavy atom. The summed E-state index contributed by atoms with van der Waals surface area (Å²) in [5.74, 6) is 0. The third kappa shape index (κ3) is 3.87. The first-order chi connectivity index (χ1) is 6.86. The number of nitrogens with zero attached hydrogens (tertiary/aromatic N) is 1. The second kappa shape index (κ2) is 6.54. The van der Waals surface area contributed by atoms with Crippen LogP contribution in [0, 0.1) is 0 Å². The van der Waals surface area contributed by atoms with E-state index in [0.717, 1.165) is 19.6 Å². The van der Waals surface area contributed by atoms with Crippen molar-refractivity contribution in [1.82, 2.24) is 16.0 Å². The first kappa shape index (κ1) is 11.2. The molecule has 0 fully saturated rings. The fourth-order valence-corrected chi connectivity index (χ4v) is 1.32. The minimum Gasteiger partial charge on any atom is -0.241 e. The van der Waals surface area contributed by atoms with Gasteiger partial charge in [0.25, 0.3) is 0 Å². The first-order valence-corrected chi connectivity index (χ1v) is 5.15. The highest BCUT2D eigenvalue weighted by Gasteiger charge is 2.01. The summed E-state index contributed by atoms with van der Waals surface area (Å²) in [5.41, 5.74) is 7.81. The lowest BCUT2D eigenvalue weighted by atomic mass is 10.2. The molecule has 0 bridgehead atoms. The molecule has 0 spiro atoms. The van der Waals surface area contributed by atoms with Gasteiger partial charge in [0.1, 0.15) is 0 Å². The van der Waals surface area contributed by atoms with Gasteiger partial charge in [-0.05, 0) is 5.56 Å². The Balaban J connectivity index is 2.46. The molecule has 3 heteroatoms. The minimum atomic E-state index is 0.878. The van der Waals surface area contributed by atoms with Crippen molar-refractivity contribution in [3.8, 4) is 0 Å². The zero-order valence-corrected chi connectivity index (χ0v) is 8.96. The lowest BCUT2D eigenvalue weighted by Gasteiger charge is -2.22. The maximum absolute atomic E-state index is 3.25. The van der Waals surface area contributed by atoms with E-state index >= 15 is 0 Å². The molecule has 1 aromatic rings. The van der Waals surface area contributed by atoms with E-state index in [4.69, 9.17) is 0 Å². The van der Waals surface area contributed by atoms with Crippen molar-refractivity contribution >= 4 is 0 Å².